The molecule has 7 heteroatoms. The van der Waals surface area contributed by atoms with Crippen LogP contribution in [-0.2, 0) is 20.9 Å². The summed E-state index contributed by atoms with van der Waals surface area (Å²) in [6.07, 6.45) is 0.843. The highest BCUT2D eigenvalue weighted by Gasteiger charge is 2.47. The van der Waals surface area contributed by atoms with E-state index >= 15 is 0 Å². The van der Waals surface area contributed by atoms with Gasteiger partial charge in [0.25, 0.3) is 0 Å². The minimum atomic E-state index is -0.879. The number of hydrogen-bond acceptors (Lipinski definition) is 5. The zero-order valence-corrected chi connectivity index (χ0v) is 15.3. The van der Waals surface area contributed by atoms with E-state index in [9.17, 15) is 9.59 Å². The summed E-state index contributed by atoms with van der Waals surface area (Å²) in [6.45, 7) is 2.96. The van der Waals surface area contributed by atoms with Crippen molar-refractivity contribution in [1.82, 2.24) is 10.2 Å². The summed E-state index contributed by atoms with van der Waals surface area (Å²) >= 11 is 0. The molecule has 1 aromatic carbocycles. The number of carbonyl (C=O) groups is 2. The Morgan fingerprint density at radius 1 is 1.28 bits per heavy atom. The number of benzene rings is 1. The minimum absolute atomic E-state index is 0.0396. The summed E-state index contributed by atoms with van der Waals surface area (Å²) in [5, 5.41) is 2.84. The number of likely N-dealkylation sites (tertiary alicyclic amines) is 1. The Labute approximate surface area is 148 Å². The van der Waals surface area contributed by atoms with Crippen LogP contribution in [0, 0.1) is 0 Å². The molecular formula is C18H26N2O5. The lowest BCUT2D eigenvalue weighted by atomic mass is 9.97. The van der Waals surface area contributed by atoms with Gasteiger partial charge in [-0.25, -0.2) is 0 Å². The first-order valence-corrected chi connectivity index (χ1v) is 8.25. The topological polar surface area (TPSA) is 77.1 Å². The Hall–Kier alpha value is -2.28. The molecular weight excluding hydrogens is 324 g/mol. The standard InChI is InChI=1S/C18H26N2O5/c1-18(17(22)19-9-10-23-2)8-7-16(21)20(18)12-13-5-6-14(24-3)11-15(13)25-4/h5-6,11H,7-10,12H2,1-4H3,(H,19,22)/t18-/m0/s1. The molecule has 0 bridgehead atoms. The van der Waals surface area contributed by atoms with E-state index in [4.69, 9.17) is 14.2 Å². The number of nitrogens with one attached hydrogen (secondary N) is 1. The largest absolute Gasteiger partial charge is 0.497 e. The monoisotopic (exact) mass is 350 g/mol. The molecule has 1 N–H and O–H groups in total. The van der Waals surface area contributed by atoms with Crippen molar-refractivity contribution >= 4 is 11.8 Å². The van der Waals surface area contributed by atoms with Crippen LogP contribution in [-0.4, -0.2) is 56.7 Å². The third-order valence-corrected chi connectivity index (χ3v) is 4.63. The molecule has 2 amide bonds. The number of rotatable bonds is 8. The van der Waals surface area contributed by atoms with E-state index in [1.54, 1.807) is 39.2 Å². The third-order valence-electron chi connectivity index (χ3n) is 4.63. The van der Waals surface area contributed by atoms with Crippen molar-refractivity contribution in [2.75, 3.05) is 34.5 Å². The number of methoxy groups -OCH3 is 3. The maximum Gasteiger partial charge on any atom is 0.245 e. The lowest BCUT2D eigenvalue weighted by molar-refractivity contribution is -0.141. The lowest BCUT2D eigenvalue weighted by Crippen LogP contribution is -2.54. The van der Waals surface area contributed by atoms with Crippen molar-refractivity contribution in [2.24, 2.45) is 0 Å². The normalized spacial score (nSPS) is 19.8. The lowest BCUT2D eigenvalue weighted by Gasteiger charge is -2.34. The van der Waals surface area contributed by atoms with Crippen molar-refractivity contribution in [3.63, 3.8) is 0 Å². The van der Waals surface area contributed by atoms with Crippen LogP contribution >= 0.6 is 0 Å². The number of amides is 2. The van der Waals surface area contributed by atoms with Gasteiger partial charge in [0.15, 0.2) is 0 Å². The maximum absolute atomic E-state index is 12.6. The molecule has 1 fully saturated rings. The van der Waals surface area contributed by atoms with Crippen LogP contribution in [0.25, 0.3) is 0 Å². The summed E-state index contributed by atoms with van der Waals surface area (Å²) < 4.78 is 15.6. The molecule has 1 aliphatic rings. The zero-order valence-electron chi connectivity index (χ0n) is 15.3. The van der Waals surface area contributed by atoms with Gasteiger partial charge in [0.2, 0.25) is 11.8 Å². The Balaban J connectivity index is 2.20. The Morgan fingerprint density at radius 3 is 2.68 bits per heavy atom. The number of ether oxygens (including phenoxy) is 3. The molecule has 25 heavy (non-hydrogen) atoms. The molecule has 1 heterocycles. The van der Waals surface area contributed by atoms with Gasteiger partial charge in [0.1, 0.15) is 17.0 Å². The van der Waals surface area contributed by atoms with E-state index in [-0.39, 0.29) is 11.8 Å². The second-order valence-corrected chi connectivity index (χ2v) is 6.18. The minimum Gasteiger partial charge on any atom is -0.497 e. The fraction of sp³-hybridized carbons (Fsp3) is 0.556. The Morgan fingerprint density at radius 2 is 2.04 bits per heavy atom. The number of carbonyl (C=O) groups excluding carboxylic acids is 2. The fourth-order valence-corrected chi connectivity index (χ4v) is 3.00. The molecule has 0 spiro atoms. The van der Waals surface area contributed by atoms with E-state index in [0.717, 1.165) is 5.56 Å². The van der Waals surface area contributed by atoms with Crippen LogP contribution in [0.15, 0.2) is 18.2 Å². The van der Waals surface area contributed by atoms with Gasteiger partial charge in [-0.3, -0.25) is 9.59 Å². The summed E-state index contributed by atoms with van der Waals surface area (Å²) in [4.78, 5) is 26.7. The van der Waals surface area contributed by atoms with Crippen molar-refractivity contribution < 1.29 is 23.8 Å². The molecule has 138 valence electrons. The van der Waals surface area contributed by atoms with E-state index in [1.807, 2.05) is 12.1 Å². The highest BCUT2D eigenvalue weighted by Crippen LogP contribution is 2.34. The number of hydrogen-bond donors (Lipinski definition) is 1. The molecule has 0 saturated carbocycles. The van der Waals surface area contributed by atoms with Crippen LogP contribution < -0.4 is 14.8 Å². The van der Waals surface area contributed by atoms with Crippen LogP contribution in [0.3, 0.4) is 0 Å². The first-order valence-electron chi connectivity index (χ1n) is 8.25. The molecule has 0 radical (unpaired) electrons. The van der Waals surface area contributed by atoms with Crippen LogP contribution in [0.5, 0.6) is 11.5 Å². The van der Waals surface area contributed by atoms with Gasteiger partial charge in [-0.05, 0) is 25.5 Å². The quantitative estimate of drug-likeness (QED) is 0.716. The van der Waals surface area contributed by atoms with Crippen molar-refractivity contribution in [2.45, 2.75) is 31.8 Å². The van der Waals surface area contributed by atoms with Crippen LogP contribution in [0.2, 0.25) is 0 Å². The molecule has 1 aromatic rings. The van der Waals surface area contributed by atoms with E-state index in [2.05, 4.69) is 5.32 Å². The summed E-state index contributed by atoms with van der Waals surface area (Å²) in [5.74, 6) is 1.10. The Bertz CT molecular complexity index is 634. The second-order valence-electron chi connectivity index (χ2n) is 6.18. The van der Waals surface area contributed by atoms with Gasteiger partial charge in [-0.2, -0.15) is 0 Å². The van der Waals surface area contributed by atoms with Crippen molar-refractivity contribution in [1.29, 1.82) is 0 Å². The maximum atomic E-state index is 12.6. The highest BCUT2D eigenvalue weighted by molar-refractivity contribution is 5.94. The Kier molecular flexibility index (Phi) is 6.25. The molecule has 0 unspecified atom stereocenters. The molecule has 1 aliphatic heterocycles. The molecule has 1 atom stereocenters. The predicted octanol–water partition coefficient (Wildman–Crippen LogP) is 1.35. The van der Waals surface area contributed by atoms with E-state index in [0.29, 0.717) is 44.0 Å². The molecule has 0 aromatic heterocycles. The van der Waals surface area contributed by atoms with Gasteiger partial charge < -0.3 is 24.4 Å². The zero-order chi connectivity index (χ0) is 18.4. The average molecular weight is 350 g/mol. The first-order chi connectivity index (χ1) is 12.0. The van der Waals surface area contributed by atoms with Gasteiger partial charge in [0.05, 0.1) is 27.4 Å². The van der Waals surface area contributed by atoms with E-state index < -0.39 is 5.54 Å². The third kappa shape index (κ3) is 4.04. The molecule has 7 nitrogen and oxygen atoms in total. The predicted molar refractivity (Wildman–Crippen MR) is 92.6 cm³/mol. The van der Waals surface area contributed by atoms with Crippen molar-refractivity contribution in [3.05, 3.63) is 23.8 Å². The summed E-state index contributed by atoms with van der Waals surface area (Å²) in [7, 11) is 4.73. The van der Waals surface area contributed by atoms with Crippen molar-refractivity contribution in [3.8, 4) is 11.5 Å². The smallest absolute Gasteiger partial charge is 0.245 e. The molecule has 0 aliphatic carbocycles. The summed E-state index contributed by atoms with van der Waals surface area (Å²) in [6, 6.07) is 5.44. The molecule has 2 rings (SSSR count). The SMILES string of the molecule is COCCNC(=O)[C@]1(C)CCC(=O)N1Cc1ccc(OC)cc1OC. The average Bonchev–Trinajstić information content (AvgIpc) is 2.91. The van der Waals surface area contributed by atoms with Crippen LogP contribution in [0.1, 0.15) is 25.3 Å². The van der Waals surface area contributed by atoms with Gasteiger partial charge >= 0.3 is 0 Å². The van der Waals surface area contributed by atoms with Gasteiger partial charge in [-0.1, -0.05) is 0 Å². The van der Waals surface area contributed by atoms with Gasteiger partial charge in [0, 0.05) is 31.7 Å². The second kappa shape index (κ2) is 8.20. The number of nitrogens with zero attached hydrogens (tertiary/aromatic N) is 1. The summed E-state index contributed by atoms with van der Waals surface area (Å²) in [5.41, 5.74) is -0.0510. The van der Waals surface area contributed by atoms with Gasteiger partial charge in [-0.15, -0.1) is 0 Å². The molecule has 1 saturated heterocycles. The fourth-order valence-electron chi connectivity index (χ4n) is 3.00. The van der Waals surface area contributed by atoms with Crippen LogP contribution in [0.4, 0.5) is 0 Å². The van der Waals surface area contributed by atoms with E-state index in [1.165, 1.54) is 0 Å². The highest BCUT2D eigenvalue weighted by atomic mass is 16.5. The first kappa shape index (κ1) is 19.1.